The number of nitrogens with zero attached hydrogens (tertiary/aromatic N) is 5. The fraction of sp³-hybridized carbons (Fsp3) is 0.548. The second kappa shape index (κ2) is 14.0. The van der Waals surface area contributed by atoms with Crippen LogP contribution in [0.5, 0.6) is 11.8 Å². The third-order valence-electron chi connectivity index (χ3n) is 13.0. The van der Waals surface area contributed by atoms with Crippen LogP contribution in [-0.4, -0.2) is 89.6 Å². The zero-order chi connectivity index (χ0) is 38.1. The van der Waals surface area contributed by atoms with E-state index in [4.69, 9.17) is 9.72 Å². The van der Waals surface area contributed by atoms with Crippen LogP contribution in [0.2, 0.25) is 16.6 Å². The molecule has 0 saturated carbocycles. The monoisotopic (exact) mass is 756 g/mol. The number of nitrogens with one attached hydrogen (secondary N) is 1. The minimum Gasteiger partial charge on any atom is -0.508 e. The Labute approximate surface area is 316 Å². The maximum atomic E-state index is 17.3. The molecule has 0 amide bonds. The fourth-order valence-electron chi connectivity index (χ4n) is 10.5. The number of aromatic nitrogens is 3. The molecule has 4 atom stereocenters. The molecule has 2 aromatic heterocycles. The number of alkyl halides is 1. The molecule has 2 N–H and O–H groups in total. The van der Waals surface area contributed by atoms with Crippen LogP contribution in [0, 0.1) is 23.1 Å². The number of rotatable bonds is 8. The second-order valence-electron chi connectivity index (χ2n) is 17.1. The van der Waals surface area contributed by atoms with Gasteiger partial charge < -0.3 is 20.1 Å². The summed E-state index contributed by atoms with van der Waals surface area (Å²) in [6, 6.07) is 6.51. The van der Waals surface area contributed by atoms with E-state index in [1.54, 1.807) is 18.3 Å². The van der Waals surface area contributed by atoms with Crippen LogP contribution in [0.3, 0.4) is 0 Å². The Morgan fingerprint density at radius 2 is 1.74 bits per heavy atom. The molecule has 4 aliphatic rings. The zero-order valence-electron chi connectivity index (χ0n) is 32.1. The summed E-state index contributed by atoms with van der Waals surface area (Å²) in [6.07, 6.45) is 4.93. The van der Waals surface area contributed by atoms with Gasteiger partial charge in [-0.3, -0.25) is 9.88 Å². The van der Waals surface area contributed by atoms with E-state index < -0.39 is 31.4 Å². The number of halogens is 3. The summed E-state index contributed by atoms with van der Waals surface area (Å²) >= 11 is 0. The van der Waals surface area contributed by atoms with Crippen molar-refractivity contribution in [1.82, 2.24) is 25.2 Å². The first-order valence-corrected chi connectivity index (χ1v) is 21.9. The van der Waals surface area contributed by atoms with Gasteiger partial charge in [0.2, 0.25) is 0 Å². The van der Waals surface area contributed by atoms with E-state index in [1.807, 2.05) is 0 Å². The Morgan fingerprint density at radius 3 is 2.44 bits per heavy atom. The molecule has 0 aliphatic carbocycles. The first kappa shape index (κ1) is 37.0. The molecule has 2 unspecified atom stereocenters. The molecule has 0 spiro atoms. The van der Waals surface area contributed by atoms with Crippen molar-refractivity contribution >= 4 is 35.6 Å². The molecule has 6 heterocycles. The minimum absolute atomic E-state index is 0.0211. The van der Waals surface area contributed by atoms with Gasteiger partial charge >= 0.3 is 6.01 Å². The van der Waals surface area contributed by atoms with Crippen molar-refractivity contribution in [3.63, 3.8) is 0 Å². The Kier molecular flexibility index (Phi) is 9.59. The van der Waals surface area contributed by atoms with E-state index in [1.165, 1.54) is 12.1 Å². The van der Waals surface area contributed by atoms with E-state index in [9.17, 15) is 9.50 Å². The van der Waals surface area contributed by atoms with Gasteiger partial charge in [-0.25, -0.2) is 13.2 Å². The van der Waals surface area contributed by atoms with Gasteiger partial charge in [0, 0.05) is 55.3 Å². The van der Waals surface area contributed by atoms with Gasteiger partial charge in [0.15, 0.2) is 5.82 Å². The number of anilines is 1. The summed E-state index contributed by atoms with van der Waals surface area (Å²) < 4.78 is 54.3. The van der Waals surface area contributed by atoms with Gasteiger partial charge in [-0.05, 0) is 72.4 Å². The number of benzene rings is 2. The third-order valence-corrected chi connectivity index (χ3v) is 19.3. The van der Waals surface area contributed by atoms with Gasteiger partial charge in [-0.1, -0.05) is 53.5 Å². The Bertz CT molecular complexity index is 2140. The normalized spacial score (nSPS) is 24.3. The third kappa shape index (κ3) is 6.20. The quantitative estimate of drug-likeness (QED) is 0.137. The lowest BCUT2D eigenvalue weighted by Crippen LogP contribution is -2.51. The van der Waals surface area contributed by atoms with E-state index in [0.29, 0.717) is 64.7 Å². The number of phenols is 1. The first-order chi connectivity index (χ1) is 25.8. The molecule has 4 aliphatic heterocycles. The van der Waals surface area contributed by atoms with Crippen molar-refractivity contribution in [1.29, 1.82) is 0 Å². The van der Waals surface area contributed by atoms with Gasteiger partial charge in [0.1, 0.15) is 49.4 Å². The number of phenolic OH excluding ortho intramolecular Hbond substituents is 1. The standard InChI is InChI=1S/C42H51F3N6O2Si/c1-24(2)54(25(3)4,26(5)6)15-12-32-35(44)11-8-27-16-31(52)17-33(36(27)32)38-37(45)39-34(19-46-38)40(50-21-29-9-10-30(22-50)47-29)49-41(48-39)53-23-42-13-7-14-51(42)20-28(43)18-42/h8,11,16-17,19,24-26,28-30,47,52H,7,9-10,13-14,18,20-23H2,1-6H3/t28-,29?,30?,42+/m1/s1. The highest BCUT2D eigenvalue weighted by molar-refractivity contribution is 6.90. The average Bonchev–Trinajstić information content (AvgIpc) is 3.77. The average molecular weight is 757 g/mol. The maximum absolute atomic E-state index is 17.3. The molecular weight excluding hydrogens is 706 g/mol. The molecule has 4 saturated heterocycles. The smallest absolute Gasteiger partial charge is 0.319 e. The van der Waals surface area contributed by atoms with E-state index in [2.05, 4.69) is 78.1 Å². The topological polar surface area (TPSA) is 86.6 Å². The van der Waals surface area contributed by atoms with Crippen molar-refractivity contribution in [2.45, 2.75) is 114 Å². The van der Waals surface area contributed by atoms with E-state index >= 15 is 8.78 Å². The number of fused-ring (bicyclic) bond motifs is 5. The highest BCUT2D eigenvalue weighted by atomic mass is 28.3. The number of piperazine rings is 1. The second-order valence-corrected chi connectivity index (χ2v) is 22.7. The van der Waals surface area contributed by atoms with Gasteiger partial charge in [-0.2, -0.15) is 9.97 Å². The Morgan fingerprint density at radius 1 is 1.02 bits per heavy atom. The van der Waals surface area contributed by atoms with Crippen molar-refractivity contribution < 1.29 is 23.0 Å². The molecule has 4 aromatic rings. The predicted molar refractivity (Wildman–Crippen MR) is 210 cm³/mol. The molecule has 8 rings (SSSR count). The number of hydrogen-bond donors (Lipinski definition) is 2. The van der Waals surface area contributed by atoms with Crippen LogP contribution in [0.4, 0.5) is 19.0 Å². The van der Waals surface area contributed by atoms with Crippen molar-refractivity contribution in [2.75, 3.05) is 37.7 Å². The number of pyridine rings is 1. The summed E-state index contributed by atoms with van der Waals surface area (Å²) in [5.41, 5.74) is 4.50. The minimum atomic E-state index is -2.27. The molecule has 2 bridgehead atoms. The number of aromatic hydroxyl groups is 1. The van der Waals surface area contributed by atoms with Crippen LogP contribution in [0.1, 0.15) is 79.2 Å². The summed E-state index contributed by atoms with van der Waals surface area (Å²) in [7, 11) is -2.27. The SMILES string of the molecule is CC(C)[Si](C#Cc1c(F)ccc2cc(O)cc(-c3ncc4c(N5CC6CCC(C5)N6)nc(OC[C@@]56CCCN5C[C@H](F)C6)nc4c3F)c12)(C(C)C)C(C)C. The highest BCUT2D eigenvalue weighted by Gasteiger charge is 2.49. The first-order valence-electron chi connectivity index (χ1n) is 19.7. The van der Waals surface area contributed by atoms with Crippen molar-refractivity contribution in [3.8, 4) is 34.5 Å². The number of hydrogen-bond acceptors (Lipinski definition) is 8. The van der Waals surface area contributed by atoms with Crippen LogP contribution in [-0.2, 0) is 0 Å². The van der Waals surface area contributed by atoms with Crippen LogP contribution in [0.25, 0.3) is 32.9 Å². The Balaban J connectivity index is 1.29. The fourth-order valence-corrected chi connectivity index (χ4v) is 15.7. The summed E-state index contributed by atoms with van der Waals surface area (Å²) in [5, 5.41) is 15.9. The Hall–Kier alpha value is -3.92. The van der Waals surface area contributed by atoms with Crippen LogP contribution in [0.15, 0.2) is 30.5 Å². The molecule has 8 nitrogen and oxygen atoms in total. The molecule has 4 fully saturated rings. The number of ether oxygens (including phenoxy) is 1. The lowest BCUT2D eigenvalue weighted by molar-refractivity contribution is 0.107. The molecule has 0 radical (unpaired) electrons. The summed E-state index contributed by atoms with van der Waals surface area (Å²) in [4.78, 5) is 18.5. The van der Waals surface area contributed by atoms with Gasteiger partial charge in [0.25, 0.3) is 0 Å². The molecule has 286 valence electrons. The van der Waals surface area contributed by atoms with Gasteiger partial charge in [-0.15, -0.1) is 5.54 Å². The summed E-state index contributed by atoms with van der Waals surface area (Å²) in [5.74, 6) is 2.47. The van der Waals surface area contributed by atoms with Crippen LogP contribution >= 0.6 is 0 Å². The van der Waals surface area contributed by atoms with Crippen molar-refractivity contribution in [2.24, 2.45) is 0 Å². The lowest BCUT2D eigenvalue weighted by Gasteiger charge is -2.38. The highest BCUT2D eigenvalue weighted by Crippen LogP contribution is 2.44. The van der Waals surface area contributed by atoms with Crippen molar-refractivity contribution in [3.05, 3.63) is 47.7 Å². The zero-order valence-corrected chi connectivity index (χ0v) is 33.1. The molecule has 54 heavy (non-hydrogen) atoms. The molecule has 2 aromatic carbocycles. The van der Waals surface area contributed by atoms with E-state index in [-0.39, 0.29) is 52.8 Å². The van der Waals surface area contributed by atoms with Gasteiger partial charge in [0.05, 0.1) is 16.5 Å². The molecular formula is C42H51F3N6O2Si. The predicted octanol–water partition coefficient (Wildman–Crippen LogP) is 8.29. The maximum Gasteiger partial charge on any atom is 0.319 e. The van der Waals surface area contributed by atoms with E-state index in [0.717, 1.165) is 32.2 Å². The largest absolute Gasteiger partial charge is 0.508 e. The molecule has 12 heteroatoms. The van der Waals surface area contributed by atoms with Crippen LogP contribution < -0.4 is 15.0 Å². The summed E-state index contributed by atoms with van der Waals surface area (Å²) in [6.45, 7) is 16.0. The lowest BCUT2D eigenvalue weighted by atomic mass is 9.95.